The van der Waals surface area contributed by atoms with Crippen LogP contribution in [-0.4, -0.2) is 6.04 Å². The summed E-state index contributed by atoms with van der Waals surface area (Å²) in [7, 11) is 0. The molecule has 1 fully saturated rings. The molecule has 1 saturated carbocycles. The minimum atomic E-state index is 0.571. The van der Waals surface area contributed by atoms with Gasteiger partial charge in [-0.3, -0.25) is 0 Å². The second-order valence-electron chi connectivity index (χ2n) is 6.08. The maximum atomic E-state index is 3.86. The molecule has 2 heteroatoms. The van der Waals surface area contributed by atoms with Gasteiger partial charge in [0.2, 0.25) is 0 Å². The number of thiophene rings is 1. The van der Waals surface area contributed by atoms with Gasteiger partial charge in [0.25, 0.3) is 0 Å². The van der Waals surface area contributed by atoms with E-state index in [-0.39, 0.29) is 0 Å². The van der Waals surface area contributed by atoms with Gasteiger partial charge >= 0.3 is 0 Å². The predicted octanol–water partition coefficient (Wildman–Crippen LogP) is 4.76. The highest BCUT2D eigenvalue weighted by Gasteiger charge is 2.27. The molecule has 1 N–H and O–H groups in total. The molecule has 0 bridgehead atoms. The van der Waals surface area contributed by atoms with Crippen molar-refractivity contribution in [2.75, 3.05) is 0 Å². The topological polar surface area (TPSA) is 12.0 Å². The van der Waals surface area contributed by atoms with E-state index in [0.29, 0.717) is 11.5 Å². The van der Waals surface area contributed by atoms with E-state index in [1.54, 1.807) is 0 Å². The van der Waals surface area contributed by atoms with Gasteiger partial charge < -0.3 is 5.32 Å². The van der Waals surface area contributed by atoms with Gasteiger partial charge in [0.05, 0.1) is 0 Å². The third kappa shape index (κ3) is 3.56. The first-order chi connectivity index (χ1) is 8.11. The van der Waals surface area contributed by atoms with Crippen LogP contribution >= 0.6 is 11.3 Å². The molecule has 1 unspecified atom stereocenters. The second-order valence-corrected chi connectivity index (χ2v) is 7.06. The van der Waals surface area contributed by atoms with Crippen molar-refractivity contribution in [3.8, 4) is 0 Å². The molecule has 1 heterocycles. The Morgan fingerprint density at radius 3 is 2.65 bits per heavy atom. The van der Waals surface area contributed by atoms with Crippen LogP contribution in [0.2, 0.25) is 0 Å². The Morgan fingerprint density at radius 2 is 2.12 bits per heavy atom. The lowest BCUT2D eigenvalue weighted by molar-refractivity contribution is 0.197. The fraction of sp³-hybridized carbons (Fsp3) is 0.733. The van der Waals surface area contributed by atoms with Crippen LogP contribution in [0.3, 0.4) is 0 Å². The lowest BCUT2D eigenvalue weighted by Crippen LogP contribution is -2.37. The Morgan fingerprint density at radius 1 is 1.41 bits per heavy atom. The van der Waals surface area contributed by atoms with Gasteiger partial charge in [-0.1, -0.05) is 26.8 Å². The monoisotopic (exact) mass is 251 g/mol. The van der Waals surface area contributed by atoms with Gasteiger partial charge in [0.15, 0.2) is 0 Å². The highest BCUT2D eigenvalue weighted by molar-refractivity contribution is 7.10. The smallest absolute Gasteiger partial charge is 0.0414 e. The van der Waals surface area contributed by atoms with Gasteiger partial charge in [-0.25, -0.2) is 0 Å². The zero-order chi connectivity index (χ0) is 12.3. The fourth-order valence-electron chi connectivity index (χ4n) is 2.74. The van der Waals surface area contributed by atoms with Crippen molar-refractivity contribution in [1.29, 1.82) is 0 Å². The molecule has 0 radical (unpaired) electrons. The summed E-state index contributed by atoms with van der Waals surface area (Å²) in [5, 5.41) is 6.04. The Kier molecular flexibility index (Phi) is 4.26. The Labute approximate surface area is 110 Å². The van der Waals surface area contributed by atoms with Crippen LogP contribution in [-0.2, 0) is 0 Å². The summed E-state index contributed by atoms with van der Waals surface area (Å²) in [5.41, 5.74) is 0.572. The van der Waals surface area contributed by atoms with Crippen LogP contribution in [0.5, 0.6) is 0 Å². The van der Waals surface area contributed by atoms with Gasteiger partial charge in [-0.15, -0.1) is 11.3 Å². The largest absolute Gasteiger partial charge is 0.306 e. The molecule has 0 amide bonds. The fourth-order valence-corrected chi connectivity index (χ4v) is 3.61. The van der Waals surface area contributed by atoms with E-state index < -0.39 is 0 Å². The zero-order valence-corrected chi connectivity index (χ0v) is 12.1. The minimum absolute atomic E-state index is 0.571. The minimum Gasteiger partial charge on any atom is -0.306 e. The lowest BCUT2D eigenvalue weighted by atomic mass is 9.75. The second kappa shape index (κ2) is 5.53. The summed E-state index contributed by atoms with van der Waals surface area (Å²) < 4.78 is 0. The van der Waals surface area contributed by atoms with Gasteiger partial charge in [-0.05, 0) is 49.0 Å². The van der Waals surface area contributed by atoms with E-state index in [2.05, 4.69) is 43.6 Å². The van der Waals surface area contributed by atoms with Crippen molar-refractivity contribution >= 4 is 11.3 Å². The van der Waals surface area contributed by atoms with E-state index >= 15 is 0 Å². The van der Waals surface area contributed by atoms with Crippen molar-refractivity contribution in [3.63, 3.8) is 0 Å². The molecule has 0 aromatic carbocycles. The van der Waals surface area contributed by atoms with Crippen molar-refractivity contribution in [1.82, 2.24) is 5.32 Å². The molecule has 17 heavy (non-hydrogen) atoms. The van der Waals surface area contributed by atoms with Crippen molar-refractivity contribution < 1.29 is 0 Å². The van der Waals surface area contributed by atoms with Crippen molar-refractivity contribution in [2.45, 2.75) is 65.0 Å². The first-order valence-electron chi connectivity index (χ1n) is 6.90. The van der Waals surface area contributed by atoms with Crippen LogP contribution in [0.15, 0.2) is 17.5 Å². The lowest BCUT2D eigenvalue weighted by Gasteiger charge is -2.36. The molecule has 1 aliphatic carbocycles. The Balaban J connectivity index is 1.88. The quantitative estimate of drug-likeness (QED) is 0.813. The molecule has 1 aromatic rings. The SMILES string of the molecule is CCC(NC1CCC(C)(C)CC1)c1cccs1. The first kappa shape index (κ1) is 13.1. The van der Waals surface area contributed by atoms with Gasteiger partial charge in [-0.2, -0.15) is 0 Å². The maximum Gasteiger partial charge on any atom is 0.0414 e. The summed E-state index contributed by atoms with van der Waals surface area (Å²) in [6.07, 6.45) is 6.61. The zero-order valence-electron chi connectivity index (χ0n) is 11.3. The van der Waals surface area contributed by atoms with E-state index in [9.17, 15) is 0 Å². The van der Waals surface area contributed by atoms with Crippen LogP contribution in [0, 0.1) is 5.41 Å². The van der Waals surface area contributed by atoms with Gasteiger partial charge in [0, 0.05) is 17.0 Å². The van der Waals surface area contributed by atoms with Gasteiger partial charge in [0.1, 0.15) is 0 Å². The Hall–Kier alpha value is -0.340. The normalized spacial score (nSPS) is 22.5. The molecular formula is C15H25NS. The summed E-state index contributed by atoms with van der Waals surface area (Å²) >= 11 is 1.88. The molecule has 1 atom stereocenters. The van der Waals surface area contributed by atoms with Crippen molar-refractivity contribution in [3.05, 3.63) is 22.4 Å². The third-order valence-electron chi connectivity index (χ3n) is 4.07. The standard InChI is InChI=1S/C15H25NS/c1-4-13(14-6-5-11-17-14)16-12-7-9-15(2,3)10-8-12/h5-6,11-13,16H,4,7-10H2,1-3H3. The van der Waals surface area contributed by atoms with Crippen LogP contribution in [0.25, 0.3) is 0 Å². The highest BCUT2D eigenvalue weighted by atomic mass is 32.1. The molecule has 96 valence electrons. The highest BCUT2D eigenvalue weighted by Crippen LogP contribution is 2.36. The molecule has 0 saturated heterocycles. The van der Waals surface area contributed by atoms with Crippen LogP contribution in [0.4, 0.5) is 0 Å². The molecule has 2 rings (SSSR count). The average Bonchev–Trinajstić information content (AvgIpc) is 2.81. The first-order valence-corrected chi connectivity index (χ1v) is 7.78. The number of nitrogens with one attached hydrogen (secondary N) is 1. The number of rotatable bonds is 4. The predicted molar refractivity (Wildman–Crippen MR) is 76.5 cm³/mol. The summed E-state index contributed by atoms with van der Waals surface area (Å²) in [6.45, 7) is 7.09. The third-order valence-corrected chi connectivity index (χ3v) is 5.06. The maximum absolute atomic E-state index is 3.86. The summed E-state index contributed by atoms with van der Waals surface area (Å²) in [4.78, 5) is 1.50. The van der Waals surface area contributed by atoms with Crippen molar-refractivity contribution in [2.24, 2.45) is 5.41 Å². The average molecular weight is 251 g/mol. The number of hydrogen-bond donors (Lipinski definition) is 1. The van der Waals surface area contributed by atoms with E-state index in [1.165, 1.54) is 37.0 Å². The van der Waals surface area contributed by atoms with E-state index in [0.717, 1.165) is 6.04 Å². The van der Waals surface area contributed by atoms with E-state index in [1.807, 2.05) is 11.3 Å². The summed E-state index contributed by atoms with van der Waals surface area (Å²) in [6, 6.07) is 5.73. The van der Waals surface area contributed by atoms with Crippen LogP contribution < -0.4 is 5.32 Å². The summed E-state index contributed by atoms with van der Waals surface area (Å²) in [5.74, 6) is 0. The van der Waals surface area contributed by atoms with E-state index in [4.69, 9.17) is 0 Å². The molecule has 0 spiro atoms. The Bertz CT molecular complexity index is 319. The molecule has 1 aliphatic rings. The molecule has 1 aromatic heterocycles. The molecular weight excluding hydrogens is 226 g/mol. The van der Waals surface area contributed by atoms with Crippen LogP contribution in [0.1, 0.15) is 63.8 Å². The number of hydrogen-bond acceptors (Lipinski definition) is 2. The molecule has 0 aliphatic heterocycles. The molecule has 1 nitrogen and oxygen atoms in total.